The van der Waals surface area contributed by atoms with Crippen molar-refractivity contribution in [2.45, 2.75) is 25.3 Å². The Hall–Kier alpha value is -2.61. The van der Waals surface area contributed by atoms with Gasteiger partial charge in [0.05, 0.1) is 5.52 Å². The first-order chi connectivity index (χ1) is 12.6. The summed E-state index contributed by atoms with van der Waals surface area (Å²) in [4.78, 5) is 27.5. The smallest absolute Gasteiger partial charge is 0.329 e. The van der Waals surface area contributed by atoms with Crippen molar-refractivity contribution in [2.75, 3.05) is 36.5 Å². The molecule has 0 aliphatic carbocycles. The Morgan fingerprint density at radius 1 is 1.19 bits per heavy atom. The summed E-state index contributed by atoms with van der Waals surface area (Å²) in [5.41, 5.74) is 2.16. The number of aryl methyl sites for hydroxylation is 1. The number of fused-ring (bicyclic) bond motifs is 1. The fraction of sp³-hybridized carbons (Fsp3) is 0.500. The van der Waals surface area contributed by atoms with E-state index < -0.39 is 6.03 Å². The van der Waals surface area contributed by atoms with Crippen molar-refractivity contribution in [1.29, 1.82) is 0 Å². The number of aromatic nitrogens is 2. The number of anilines is 2. The van der Waals surface area contributed by atoms with Gasteiger partial charge in [0.15, 0.2) is 5.82 Å². The molecular formula is C18H24N6O2. The lowest BCUT2D eigenvalue weighted by Crippen LogP contribution is -2.49. The lowest BCUT2D eigenvalue weighted by atomic mass is 10.0. The maximum atomic E-state index is 12.2. The third-order valence-corrected chi connectivity index (χ3v) is 5.39. The summed E-state index contributed by atoms with van der Waals surface area (Å²) in [5, 5.41) is 11.2. The number of benzene rings is 1. The molecule has 26 heavy (non-hydrogen) atoms. The van der Waals surface area contributed by atoms with Crippen molar-refractivity contribution in [2.24, 2.45) is 7.05 Å². The Morgan fingerprint density at radius 2 is 1.96 bits per heavy atom. The van der Waals surface area contributed by atoms with Gasteiger partial charge >= 0.3 is 6.03 Å². The van der Waals surface area contributed by atoms with Crippen LogP contribution in [0.4, 0.5) is 16.3 Å². The van der Waals surface area contributed by atoms with Crippen LogP contribution in [0.3, 0.4) is 0 Å². The van der Waals surface area contributed by atoms with Crippen LogP contribution in [-0.2, 0) is 11.8 Å². The highest BCUT2D eigenvalue weighted by molar-refractivity contribution is 6.09. The van der Waals surface area contributed by atoms with Crippen molar-refractivity contribution < 1.29 is 9.59 Å². The molecule has 2 fully saturated rings. The molecule has 2 aliphatic heterocycles. The van der Waals surface area contributed by atoms with Crippen LogP contribution < -0.4 is 20.4 Å². The van der Waals surface area contributed by atoms with Crippen molar-refractivity contribution in [3.05, 3.63) is 18.2 Å². The third-order valence-electron chi connectivity index (χ3n) is 5.39. The molecule has 3 amide bonds. The molecule has 138 valence electrons. The Morgan fingerprint density at radius 3 is 2.65 bits per heavy atom. The fourth-order valence-corrected chi connectivity index (χ4v) is 3.82. The Bertz CT molecular complexity index is 853. The number of carbonyl (C=O) groups is 2. The van der Waals surface area contributed by atoms with Crippen molar-refractivity contribution >= 4 is 34.3 Å². The van der Waals surface area contributed by atoms with E-state index in [1.165, 1.54) is 5.69 Å². The summed E-state index contributed by atoms with van der Waals surface area (Å²) in [7, 11) is 3.91. The van der Waals surface area contributed by atoms with Crippen molar-refractivity contribution in [3.8, 4) is 0 Å². The van der Waals surface area contributed by atoms with Gasteiger partial charge in [0.2, 0.25) is 5.91 Å². The standard InChI is InChI=1S/C18H24N6O2/c1-19-12-5-8-23(9-6-12)13-3-4-14-15(11-13)22(2)21-17(14)24-10-7-16(25)20-18(24)26/h3-4,11-12,19H,5-10H2,1-2H3,(H,20,25,26). The van der Waals surface area contributed by atoms with Gasteiger partial charge in [-0.25, -0.2) is 4.79 Å². The van der Waals surface area contributed by atoms with Gasteiger partial charge in [0.25, 0.3) is 0 Å². The SMILES string of the molecule is CNC1CCN(c2ccc3c(N4CCC(=O)NC4=O)nn(C)c3c2)CC1. The van der Waals surface area contributed by atoms with Crippen LogP contribution in [0.1, 0.15) is 19.3 Å². The maximum absolute atomic E-state index is 12.2. The lowest BCUT2D eigenvalue weighted by molar-refractivity contribution is -0.120. The van der Waals surface area contributed by atoms with E-state index >= 15 is 0 Å². The van der Waals surface area contributed by atoms with Gasteiger partial charge in [-0.15, -0.1) is 0 Å². The van der Waals surface area contributed by atoms with Gasteiger partial charge in [-0.3, -0.25) is 19.7 Å². The van der Waals surface area contributed by atoms with Crippen LogP contribution in [0, 0.1) is 0 Å². The van der Waals surface area contributed by atoms with E-state index in [9.17, 15) is 9.59 Å². The topological polar surface area (TPSA) is 82.5 Å². The van der Waals surface area contributed by atoms with Crippen molar-refractivity contribution in [1.82, 2.24) is 20.4 Å². The number of hydrogen-bond acceptors (Lipinski definition) is 5. The molecule has 1 aromatic heterocycles. The second-order valence-electron chi connectivity index (χ2n) is 6.95. The average Bonchev–Trinajstić information content (AvgIpc) is 2.98. The van der Waals surface area contributed by atoms with Crippen molar-refractivity contribution in [3.63, 3.8) is 0 Å². The monoisotopic (exact) mass is 356 g/mol. The summed E-state index contributed by atoms with van der Waals surface area (Å²) >= 11 is 0. The number of piperidine rings is 1. The lowest BCUT2D eigenvalue weighted by Gasteiger charge is -2.33. The molecule has 2 aliphatic rings. The zero-order valence-electron chi connectivity index (χ0n) is 15.2. The van der Waals surface area contributed by atoms with E-state index in [0.717, 1.165) is 36.8 Å². The first-order valence-electron chi connectivity index (χ1n) is 9.07. The van der Waals surface area contributed by atoms with Gasteiger partial charge in [-0.05, 0) is 38.1 Å². The molecule has 4 rings (SSSR count). The molecule has 0 saturated carbocycles. The molecule has 8 heteroatoms. The number of carbonyl (C=O) groups excluding carboxylic acids is 2. The number of imide groups is 1. The molecule has 2 aromatic rings. The Labute approximate surface area is 152 Å². The molecule has 0 bridgehead atoms. The molecule has 0 atom stereocenters. The summed E-state index contributed by atoms with van der Waals surface area (Å²) in [6, 6.07) is 6.46. The minimum absolute atomic E-state index is 0.237. The number of rotatable bonds is 3. The molecular weight excluding hydrogens is 332 g/mol. The first-order valence-corrected chi connectivity index (χ1v) is 9.07. The zero-order chi connectivity index (χ0) is 18.3. The van der Waals surface area contributed by atoms with E-state index in [1.54, 1.807) is 9.58 Å². The number of amides is 3. The second-order valence-corrected chi connectivity index (χ2v) is 6.95. The van der Waals surface area contributed by atoms with Crippen LogP contribution in [0.2, 0.25) is 0 Å². The maximum Gasteiger partial charge on any atom is 0.329 e. The van der Waals surface area contributed by atoms with Crippen LogP contribution in [0.15, 0.2) is 18.2 Å². The minimum atomic E-state index is -0.403. The third kappa shape index (κ3) is 2.90. The summed E-state index contributed by atoms with van der Waals surface area (Å²) < 4.78 is 1.80. The molecule has 2 N–H and O–H groups in total. The summed E-state index contributed by atoms with van der Waals surface area (Å²) in [6.07, 6.45) is 2.56. The van der Waals surface area contributed by atoms with Crippen LogP contribution in [-0.4, -0.2) is 54.4 Å². The van der Waals surface area contributed by atoms with Gasteiger partial charge in [0, 0.05) is 50.2 Å². The van der Waals surface area contributed by atoms with Crippen LogP contribution in [0.25, 0.3) is 10.9 Å². The number of nitrogens with zero attached hydrogens (tertiary/aromatic N) is 4. The molecule has 0 spiro atoms. The van der Waals surface area contributed by atoms with Crippen LogP contribution >= 0.6 is 0 Å². The summed E-state index contributed by atoms with van der Waals surface area (Å²) in [5.74, 6) is 0.367. The molecule has 8 nitrogen and oxygen atoms in total. The normalized spacial score (nSPS) is 19.3. The molecule has 1 aromatic carbocycles. The average molecular weight is 356 g/mol. The molecule has 2 saturated heterocycles. The Balaban J connectivity index is 1.63. The molecule has 0 radical (unpaired) electrons. The zero-order valence-corrected chi connectivity index (χ0v) is 15.2. The van der Waals surface area contributed by atoms with Gasteiger partial charge in [-0.2, -0.15) is 5.10 Å². The predicted octanol–water partition coefficient (Wildman–Crippen LogP) is 1.21. The fourth-order valence-electron chi connectivity index (χ4n) is 3.82. The molecule has 3 heterocycles. The second kappa shape index (κ2) is 6.60. The number of urea groups is 1. The molecule has 0 unspecified atom stereocenters. The Kier molecular flexibility index (Phi) is 4.28. The van der Waals surface area contributed by atoms with E-state index in [-0.39, 0.29) is 5.91 Å². The summed E-state index contributed by atoms with van der Waals surface area (Å²) in [6.45, 7) is 2.41. The number of nitrogens with one attached hydrogen (secondary N) is 2. The van der Waals surface area contributed by atoms with E-state index in [1.807, 2.05) is 20.2 Å². The van der Waals surface area contributed by atoms with E-state index in [2.05, 4.69) is 32.8 Å². The largest absolute Gasteiger partial charge is 0.371 e. The quantitative estimate of drug-likeness (QED) is 0.864. The van der Waals surface area contributed by atoms with Crippen LogP contribution in [0.5, 0.6) is 0 Å². The highest BCUT2D eigenvalue weighted by Gasteiger charge is 2.28. The van der Waals surface area contributed by atoms with E-state index in [0.29, 0.717) is 24.8 Å². The van der Waals surface area contributed by atoms with E-state index in [4.69, 9.17) is 0 Å². The highest BCUT2D eigenvalue weighted by Crippen LogP contribution is 2.31. The first kappa shape index (κ1) is 16.8. The van der Waals surface area contributed by atoms with Gasteiger partial charge in [0.1, 0.15) is 0 Å². The van der Waals surface area contributed by atoms with Gasteiger partial charge < -0.3 is 10.2 Å². The van der Waals surface area contributed by atoms with Gasteiger partial charge in [-0.1, -0.05) is 0 Å². The minimum Gasteiger partial charge on any atom is -0.371 e. The highest BCUT2D eigenvalue weighted by atomic mass is 16.2. The number of hydrogen-bond donors (Lipinski definition) is 2. The predicted molar refractivity (Wildman–Crippen MR) is 101 cm³/mol.